The van der Waals surface area contributed by atoms with Crippen LogP contribution in [0.1, 0.15) is 71.6 Å². The highest BCUT2D eigenvalue weighted by molar-refractivity contribution is 5.70. The maximum absolute atomic E-state index is 11.4. The van der Waals surface area contributed by atoms with Crippen LogP contribution in [0, 0.1) is 17.8 Å². The monoisotopic (exact) mass is 412 g/mol. The van der Waals surface area contributed by atoms with E-state index >= 15 is 0 Å². The van der Waals surface area contributed by atoms with Gasteiger partial charge < -0.3 is 24.8 Å². The lowest BCUT2D eigenvalue weighted by Gasteiger charge is -2.29. The van der Waals surface area contributed by atoms with E-state index in [1.807, 2.05) is 12.2 Å². The molecule has 6 nitrogen and oxygen atoms in total. The van der Waals surface area contributed by atoms with Crippen molar-refractivity contribution in [3.05, 3.63) is 12.2 Å². The summed E-state index contributed by atoms with van der Waals surface area (Å²) in [5, 5.41) is 31.3. The van der Waals surface area contributed by atoms with Crippen LogP contribution in [0.5, 0.6) is 0 Å². The molecule has 0 saturated heterocycles. The van der Waals surface area contributed by atoms with E-state index in [0.29, 0.717) is 31.8 Å². The van der Waals surface area contributed by atoms with Gasteiger partial charge in [-0.25, -0.2) is 4.79 Å². The minimum atomic E-state index is -0.520. The van der Waals surface area contributed by atoms with E-state index < -0.39 is 12.2 Å². The Morgan fingerprint density at radius 3 is 2.45 bits per heavy atom. The second kappa shape index (κ2) is 12.7. The van der Waals surface area contributed by atoms with Crippen LogP contribution in [0.15, 0.2) is 12.2 Å². The lowest BCUT2D eigenvalue weighted by atomic mass is 9.80. The van der Waals surface area contributed by atoms with Gasteiger partial charge in [-0.3, -0.25) is 0 Å². The normalized spacial score (nSPS) is 29.6. The number of hydrogen-bond donors (Lipinski definition) is 3. The van der Waals surface area contributed by atoms with Gasteiger partial charge in [0, 0.05) is 0 Å². The fraction of sp³-hybridized carbons (Fsp3) is 0.870. The summed E-state index contributed by atoms with van der Waals surface area (Å²) >= 11 is 0. The SMILES string of the molecule is CC(C)OC(=O)COC/C=C\CC1C(CC[C@H](O)C2CCCCC2)[C@@H](O)C[C@H]1O. The Balaban J connectivity index is 1.72. The van der Waals surface area contributed by atoms with E-state index in [0.717, 1.165) is 19.3 Å². The van der Waals surface area contributed by atoms with E-state index in [2.05, 4.69) is 0 Å². The van der Waals surface area contributed by atoms with Gasteiger partial charge in [0.25, 0.3) is 0 Å². The van der Waals surface area contributed by atoms with Gasteiger partial charge in [-0.05, 0) is 70.1 Å². The Morgan fingerprint density at radius 2 is 1.76 bits per heavy atom. The number of hydrogen-bond acceptors (Lipinski definition) is 6. The van der Waals surface area contributed by atoms with Gasteiger partial charge in [0.1, 0.15) is 6.61 Å². The van der Waals surface area contributed by atoms with Crippen LogP contribution in [0.3, 0.4) is 0 Å². The average Bonchev–Trinajstić information content (AvgIpc) is 2.95. The molecule has 168 valence electrons. The van der Waals surface area contributed by atoms with Crippen molar-refractivity contribution in [2.24, 2.45) is 17.8 Å². The van der Waals surface area contributed by atoms with Crippen LogP contribution < -0.4 is 0 Å². The van der Waals surface area contributed by atoms with Crippen molar-refractivity contribution in [2.75, 3.05) is 13.2 Å². The first kappa shape index (κ1) is 24.3. The number of carbonyl (C=O) groups is 1. The quantitative estimate of drug-likeness (QED) is 0.274. The molecule has 2 saturated carbocycles. The number of ether oxygens (including phenoxy) is 2. The fourth-order valence-corrected chi connectivity index (χ4v) is 4.85. The van der Waals surface area contributed by atoms with Gasteiger partial charge >= 0.3 is 5.97 Å². The summed E-state index contributed by atoms with van der Waals surface area (Å²) in [7, 11) is 0. The second-order valence-corrected chi connectivity index (χ2v) is 9.00. The fourth-order valence-electron chi connectivity index (χ4n) is 4.85. The highest BCUT2D eigenvalue weighted by Crippen LogP contribution is 2.39. The van der Waals surface area contributed by atoms with Crippen molar-refractivity contribution >= 4 is 5.97 Å². The first-order valence-corrected chi connectivity index (χ1v) is 11.3. The van der Waals surface area contributed by atoms with Gasteiger partial charge in [0.15, 0.2) is 0 Å². The Labute approximate surface area is 175 Å². The van der Waals surface area contributed by atoms with Gasteiger partial charge in [-0.2, -0.15) is 0 Å². The summed E-state index contributed by atoms with van der Waals surface area (Å²) in [4.78, 5) is 11.4. The zero-order valence-corrected chi connectivity index (χ0v) is 18.0. The Hall–Kier alpha value is -0.950. The number of allylic oxidation sites excluding steroid dienone is 1. The zero-order chi connectivity index (χ0) is 21.2. The molecule has 2 fully saturated rings. The molecule has 29 heavy (non-hydrogen) atoms. The third-order valence-electron chi connectivity index (χ3n) is 6.39. The number of carbonyl (C=O) groups excluding carboxylic acids is 1. The smallest absolute Gasteiger partial charge is 0.332 e. The Kier molecular flexibility index (Phi) is 10.6. The van der Waals surface area contributed by atoms with Crippen LogP contribution >= 0.6 is 0 Å². The molecule has 0 aromatic rings. The Morgan fingerprint density at radius 1 is 1.07 bits per heavy atom. The lowest BCUT2D eigenvalue weighted by Crippen LogP contribution is -2.27. The van der Waals surface area contributed by atoms with Crippen molar-refractivity contribution in [3.8, 4) is 0 Å². The van der Waals surface area contributed by atoms with Crippen molar-refractivity contribution in [2.45, 2.75) is 96.1 Å². The second-order valence-electron chi connectivity index (χ2n) is 9.00. The van der Waals surface area contributed by atoms with Gasteiger partial charge in [0.2, 0.25) is 0 Å². The molecule has 0 amide bonds. The standard InChI is InChI=1S/C23H40O6/c1-16(2)29-23(27)15-28-13-7-6-10-18-19(22(26)14-21(18)25)11-12-20(24)17-8-4-3-5-9-17/h6-7,16-22,24-26H,3-5,8-15H2,1-2H3/b7-6-/t18?,19?,20-,21+,22-/m0/s1. The van der Waals surface area contributed by atoms with Crippen LogP contribution in [0.4, 0.5) is 0 Å². The third-order valence-corrected chi connectivity index (χ3v) is 6.39. The van der Waals surface area contributed by atoms with E-state index in [1.165, 1.54) is 19.3 Å². The molecule has 2 rings (SSSR count). The highest BCUT2D eigenvalue weighted by atomic mass is 16.6. The van der Waals surface area contributed by atoms with Gasteiger partial charge in [-0.1, -0.05) is 31.4 Å². The average molecular weight is 413 g/mol. The summed E-state index contributed by atoms with van der Waals surface area (Å²) in [6.45, 7) is 3.83. The topological polar surface area (TPSA) is 96.2 Å². The summed E-state index contributed by atoms with van der Waals surface area (Å²) in [5.74, 6) is 0.0185. The highest BCUT2D eigenvalue weighted by Gasteiger charge is 2.41. The van der Waals surface area contributed by atoms with E-state index in [-0.39, 0.29) is 36.6 Å². The number of aliphatic hydroxyl groups excluding tert-OH is 3. The number of rotatable bonds is 11. The van der Waals surface area contributed by atoms with Crippen molar-refractivity contribution in [1.82, 2.24) is 0 Å². The first-order valence-electron chi connectivity index (χ1n) is 11.3. The molecule has 0 bridgehead atoms. The maximum Gasteiger partial charge on any atom is 0.332 e. The Bertz CT molecular complexity index is 500. The van der Waals surface area contributed by atoms with Gasteiger partial charge in [0.05, 0.1) is 31.0 Å². The number of esters is 1. The zero-order valence-electron chi connectivity index (χ0n) is 18.0. The van der Waals surface area contributed by atoms with Crippen molar-refractivity contribution in [3.63, 3.8) is 0 Å². The molecule has 3 N–H and O–H groups in total. The summed E-state index contributed by atoms with van der Waals surface area (Å²) in [6, 6.07) is 0. The molecule has 0 radical (unpaired) electrons. The maximum atomic E-state index is 11.4. The van der Waals surface area contributed by atoms with Crippen molar-refractivity contribution in [1.29, 1.82) is 0 Å². The predicted molar refractivity (Wildman–Crippen MR) is 111 cm³/mol. The van der Waals surface area contributed by atoms with E-state index in [9.17, 15) is 20.1 Å². The third kappa shape index (κ3) is 8.36. The molecule has 0 spiro atoms. The van der Waals surface area contributed by atoms with Crippen molar-refractivity contribution < 1.29 is 29.6 Å². The molecule has 0 heterocycles. The molecule has 0 aromatic carbocycles. The van der Waals surface area contributed by atoms with Crippen LogP contribution in [-0.4, -0.2) is 58.9 Å². The summed E-state index contributed by atoms with van der Waals surface area (Å²) in [6.07, 6.45) is 10.7. The lowest BCUT2D eigenvalue weighted by molar-refractivity contribution is -0.152. The first-order chi connectivity index (χ1) is 13.9. The minimum Gasteiger partial charge on any atom is -0.461 e. The minimum absolute atomic E-state index is 0.00860. The molecule has 2 aliphatic carbocycles. The molecule has 5 atom stereocenters. The summed E-state index contributed by atoms with van der Waals surface area (Å²) < 4.78 is 10.3. The molecule has 0 aromatic heterocycles. The molecule has 2 aliphatic rings. The van der Waals surface area contributed by atoms with Gasteiger partial charge in [-0.15, -0.1) is 0 Å². The molecule has 6 heteroatoms. The van der Waals surface area contributed by atoms with Crippen LogP contribution in [-0.2, 0) is 14.3 Å². The molecule has 0 aliphatic heterocycles. The van der Waals surface area contributed by atoms with E-state index in [4.69, 9.17) is 9.47 Å². The number of aliphatic hydroxyl groups is 3. The largest absolute Gasteiger partial charge is 0.461 e. The van der Waals surface area contributed by atoms with Crippen LogP contribution in [0.25, 0.3) is 0 Å². The molecular weight excluding hydrogens is 372 g/mol. The van der Waals surface area contributed by atoms with E-state index in [1.54, 1.807) is 13.8 Å². The van der Waals surface area contributed by atoms with Crippen LogP contribution in [0.2, 0.25) is 0 Å². The predicted octanol–water partition coefficient (Wildman–Crippen LogP) is 2.98. The molecule has 2 unspecified atom stereocenters. The molecular formula is C23H40O6. The summed E-state index contributed by atoms with van der Waals surface area (Å²) in [5.41, 5.74) is 0.